The zero-order chi connectivity index (χ0) is 31.2. The molecule has 0 spiro atoms. The Kier molecular flexibility index (Phi) is 10.5. The first-order chi connectivity index (χ1) is 19.7. The topological polar surface area (TPSA) is 157 Å². The largest absolute Gasteiger partial charge is 0.478 e. The minimum Gasteiger partial charge on any atom is -0.478 e. The number of nitroso groups, excluding NO2 is 1. The van der Waals surface area contributed by atoms with E-state index in [2.05, 4.69) is 4.58 Å². The summed E-state index contributed by atoms with van der Waals surface area (Å²) in [7, 11) is -3.57. The summed E-state index contributed by atoms with van der Waals surface area (Å²) < 4.78 is 50.8. The van der Waals surface area contributed by atoms with Crippen LogP contribution in [0.3, 0.4) is 0 Å². The van der Waals surface area contributed by atoms with Gasteiger partial charge in [0.1, 0.15) is 18.5 Å². The van der Waals surface area contributed by atoms with Crippen LogP contribution in [0.25, 0.3) is 11.1 Å². The average molecular weight is 623 g/mol. The highest BCUT2D eigenvalue weighted by Gasteiger charge is 2.44. The molecule has 1 aliphatic heterocycles. The number of esters is 1. The Balaban J connectivity index is 2.08. The second-order valence-electron chi connectivity index (χ2n) is 10.2. The molecule has 14 heteroatoms. The van der Waals surface area contributed by atoms with Gasteiger partial charge in [-0.1, -0.05) is 24.3 Å². The molecule has 0 saturated carbocycles. The van der Waals surface area contributed by atoms with Crippen LogP contribution in [0, 0.1) is 10.7 Å². The molecule has 0 radical (unpaired) electrons. The van der Waals surface area contributed by atoms with Gasteiger partial charge in [-0.05, 0) is 62.1 Å². The van der Waals surface area contributed by atoms with Crippen LogP contribution < -0.4 is 0 Å². The first-order valence-electron chi connectivity index (χ1n) is 12.8. The van der Waals surface area contributed by atoms with Crippen LogP contribution in [-0.2, 0) is 28.9 Å². The maximum absolute atomic E-state index is 13.7. The number of carbonyl (C=O) groups excluding carboxylic acids is 2. The lowest BCUT2D eigenvalue weighted by atomic mass is 9.88. The molecule has 11 nitrogen and oxygen atoms in total. The fourth-order valence-corrected chi connectivity index (χ4v) is 5.86. The van der Waals surface area contributed by atoms with Crippen LogP contribution in [-0.4, -0.2) is 72.8 Å². The van der Waals surface area contributed by atoms with Crippen molar-refractivity contribution in [3.63, 3.8) is 0 Å². The molecular weight excluding hydrogens is 591 g/mol. The first kappa shape index (κ1) is 32.7. The maximum Gasteiger partial charge on any atom is 0.410 e. The van der Waals surface area contributed by atoms with Crippen molar-refractivity contribution in [1.82, 2.24) is 4.90 Å². The maximum atomic E-state index is 13.7. The predicted molar refractivity (Wildman–Crippen MR) is 154 cm³/mol. The van der Waals surface area contributed by atoms with E-state index in [1.54, 1.807) is 13.8 Å². The molecule has 2 atom stereocenters. The SMILES string of the molecule is CC(=O)OC(CCCN1C(=O)OCC1C(C)(C)SN=O)/C(=C(\C(=O)O)c1ccc(F)cc1)c1ccc(S(C)(=O)=O)cc1. The van der Waals surface area contributed by atoms with Crippen molar-refractivity contribution in [3.8, 4) is 0 Å². The molecule has 1 N–H and O–H groups in total. The molecule has 226 valence electrons. The zero-order valence-electron chi connectivity index (χ0n) is 23.4. The second-order valence-corrected chi connectivity index (χ2v) is 13.6. The minimum absolute atomic E-state index is 0.00261. The molecule has 2 aromatic rings. The molecule has 1 heterocycles. The van der Waals surface area contributed by atoms with E-state index in [-0.39, 0.29) is 53.2 Å². The third-order valence-corrected chi connectivity index (χ3v) is 8.70. The smallest absolute Gasteiger partial charge is 0.410 e. The van der Waals surface area contributed by atoms with E-state index < -0.39 is 50.6 Å². The number of hydrogen-bond acceptors (Lipinski definition) is 10. The number of ether oxygens (including phenoxy) is 2. The van der Waals surface area contributed by atoms with Gasteiger partial charge in [0.25, 0.3) is 0 Å². The Bertz CT molecular complexity index is 1470. The summed E-state index contributed by atoms with van der Waals surface area (Å²) in [6, 6.07) is 9.71. The number of rotatable bonds is 13. The number of halogens is 1. The van der Waals surface area contributed by atoms with E-state index >= 15 is 0 Å². The molecule has 1 aliphatic rings. The molecule has 3 rings (SSSR count). The molecule has 0 bridgehead atoms. The van der Waals surface area contributed by atoms with E-state index in [1.165, 1.54) is 41.3 Å². The Morgan fingerprint density at radius 1 is 1.17 bits per heavy atom. The van der Waals surface area contributed by atoms with E-state index in [1.807, 2.05) is 0 Å². The van der Waals surface area contributed by atoms with Crippen molar-refractivity contribution in [3.05, 3.63) is 70.4 Å². The van der Waals surface area contributed by atoms with Crippen LogP contribution in [0.2, 0.25) is 0 Å². The van der Waals surface area contributed by atoms with Gasteiger partial charge in [0, 0.05) is 41.8 Å². The first-order valence-corrected chi connectivity index (χ1v) is 15.5. The molecule has 1 amide bonds. The molecule has 1 fully saturated rings. The molecule has 0 aromatic heterocycles. The number of nitrogens with zero attached hydrogens (tertiary/aromatic N) is 2. The van der Waals surface area contributed by atoms with Crippen LogP contribution in [0.5, 0.6) is 0 Å². The summed E-state index contributed by atoms with van der Waals surface area (Å²) in [5.41, 5.74) is 0.183. The van der Waals surface area contributed by atoms with Crippen LogP contribution in [0.4, 0.5) is 9.18 Å². The average Bonchev–Trinajstić information content (AvgIpc) is 3.27. The number of carboxylic acid groups (broad SMARTS) is 1. The van der Waals surface area contributed by atoms with E-state index in [4.69, 9.17) is 9.47 Å². The predicted octanol–water partition coefficient (Wildman–Crippen LogP) is 4.95. The molecule has 42 heavy (non-hydrogen) atoms. The summed E-state index contributed by atoms with van der Waals surface area (Å²) >= 11 is 0.779. The van der Waals surface area contributed by atoms with Gasteiger partial charge in [0.15, 0.2) is 9.84 Å². The van der Waals surface area contributed by atoms with Crippen molar-refractivity contribution in [2.24, 2.45) is 4.58 Å². The lowest BCUT2D eigenvalue weighted by Gasteiger charge is -2.32. The highest BCUT2D eigenvalue weighted by atomic mass is 32.2. The summed E-state index contributed by atoms with van der Waals surface area (Å²) in [6.45, 7) is 4.85. The third kappa shape index (κ3) is 7.94. The minimum atomic E-state index is -3.57. The van der Waals surface area contributed by atoms with Crippen molar-refractivity contribution < 1.29 is 41.8 Å². The number of benzene rings is 2. The Labute approximate surface area is 247 Å². The van der Waals surface area contributed by atoms with E-state index in [9.17, 15) is 37.2 Å². The molecule has 2 aromatic carbocycles. The molecule has 1 saturated heterocycles. The van der Waals surface area contributed by atoms with Crippen LogP contribution in [0.1, 0.15) is 44.7 Å². The number of carbonyl (C=O) groups is 3. The molecular formula is C28H31FN2O9S2. The van der Waals surface area contributed by atoms with Gasteiger partial charge < -0.3 is 19.5 Å². The third-order valence-electron chi connectivity index (χ3n) is 6.76. The van der Waals surface area contributed by atoms with Gasteiger partial charge in [-0.25, -0.2) is 22.4 Å². The monoisotopic (exact) mass is 622 g/mol. The van der Waals surface area contributed by atoms with Crippen molar-refractivity contribution in [2.45, 2.75) is 55.4 Å². The van der Waals surface area contributed by atoms with Crippen molar-refractivity contribution in [1.29, 1.82) is 0 Å². The fraction of sp³-hybridized carbons (Fsp3) is 0.393. The van der Waals surface area contributed by atoms with Crippen LogP contribution in [0.15, 0.2) is 58.0 Å². The lowest BCUT2D eigenvalue weighted by molar-refractivity contribution is -0.144. The van der Waals surface area contributed by atoms with Crippen molar-refractivity contribution in [2.75, 3.05) is 19.4 Å². The number of aliphatic carboxylic acids is 1. The van der Waals surface area contributed by atoms with Gasteiger partial charge in [-0.2, -0.15) is 0 Å². The number of amides is 1. The Morgan fingerprint density at radius 2 is 1.76 bits per heavy atom. The number of sulfone groups is 1. The van der Waals surface area contributed by atoms with Gasteiger partial charge in [0.2, 0.25) is 0 Å². The number of hydrogen-bond donors (Lipinski definition) is 1. The number of cyclic esters (lactones) is 1. The highest BCUT2D eigenvalue weighted by Crippen LogP contribution is 2.37. The van der Waals surface area contributed by atoms with Gasteiger partial charge in [-0.15, -0.1) is 4.91 Å². The Morgan fingerprint density at radius 3 is 2.29 bits per heavy atom. The number of carboxylic acids is 1. The van der Waals surface area contributed by atoms with Gasteiger partial charge in [-0.3, -0.25) is 4.79 Å². The lowest BCUT2D eigenvalue weighted by Crippen LogP contribution is -2.46. The van der Waals surface area contributed by atoms with E-state index in [0.29, 0.717) is 0 Å². The van der Waals surface area contributed by atoms with Gasteiger partial charge in [0.05, 0.1) is 21.3 Å². The summed E-state index contributed by atoms with van der Waals surface area (Å²) in [4.78, 5) is 49.8. The zero-order valence-corrected chi connectivity index (χ0v) is 25.0. The van der Waals surface area contributed by atoms with Gasteiger partial charge >= 0.3 is 18.0 Å². The van der Waals surface area contributed by atoms with E-state index in [0.717, 1.165) is 37.3 Å². The second kappa shape index (κ2) is 13.5. The summed E-state index contributed by atoms with van der Waals surface area (Å²) in [5, 5.41) is 10.3. The quantitative estimate of drug-likeness (QED) is 0.107. The standard InChI is InChI=1S/C28H31FN2O9S2/c1-17(32)40-22(6-5-15-31-23(16-39-27(31)35)28(2,3)41-30-36)24(18-9-13-21(14-10-18)42(4,37)38)25(26(33)34)19-7-11-20(29)12-8-19/h7-14,22-23H,5-6,15-16H2,1-4H3,(H,33,34)/b25-24-. The fourth-order valence-electron chi connectivity index (χ4n) is 4.72. The molecule has 0 aliphatic carbocycles. The van der Waals surface area contributed by atoms with Crippen molar-refractivity contribution >= 4 is 51.0 Å². The summed E-state index contributed by atoms with van der Waals surface area (Å²) in [5.74, 6) is -2.68. The van der Waals surface area contributed by atoms with Crippen LogP contribution >= 0.6 is 11.9 Å². The normalized spacial score (nSPS) is 16.8. The summed E-state index contributed by atoms with van der Waals surface area (Å²) in [6.07, 6.45) is -0.438. The Hall–Kier alpha value is -3.78. The highest BCUT2D eigenvalue weighted by molar-refractivity contribution is 7.99. The molecule has 2 unspecified atom stereocenters.